The fourth-order valence-electron chi connectivity index (χ4n) is 2.40. The Kier molecular flexibility index (Phi) is 2.33. The van der Waals surface area contributed by atoms with Crippen molar-refractivity contribution in [2.75, 3.05) is 0 Å². The van der Waals surface area contributed by atoms with Crippen LogP contribution in [0.25, 0.3) is 0 Å². The Morgan fingerprint density at radius 1 is 1.44 bits per heavy atom. The summed E-state index contributed by atoms with van der Waals surface area (Å²) in [6.07, 6.45) is 2.62. The second-order valence-corrected chi connectivity index (χ2v) is 5.27. The SMILES string of the molecule is NC1CC(=O)N(C2CC2)C1c1ccc(Br)o1. The quantitative estimate of drug-likeness (QED) is 0.901. The summed E-state index contributed by atoms with van der Waals surface area (Å²) < 4.78 is 6.22. The van der Waals surface area contributed by atoms with Gasteiger partial charge in [0.05, 0.1) is 0 Å². The van der Waals surface area contributed by atoms with Crippen LogP contribution >= 0.6 is 15.9 Å². The van der Waals surface area contributed by atoms with Crippen LogP contribution in [0, 0.1) is 0 Å². The highest BCUT2D eigenvalue weighted by Crippen LogP contribution is 2.41. The molecule has 1 saturated heterocycles. The van der Waals surface area contributed by atoms with Gasteiger partial charge < -0.3 is 15.1 Å². The number of rotatable bonds is 2. The zero-order valence-corrected chi connectivity index (χ0v) is 10.3. The maximum atomic E-state index is 11.8. The molecular formula is C11H13BrN2O2. The molecule has 16 heavy (non-hydrogen) atoms. The van der Waals surface area contributed by atoms with E-state index in [0.717, 1.165) is 18.6 Å². The number of amides is 1. The van der Waals surface area contributed by atoms with Crippen molar-refractivity contribution in [3.8, 4) is 0 Å². The topological polar surface area (TPSA) is 59.5 Å². The number of carbonyl (C=O) groups excluding carboxylic acids is 1. The van der Waals surface area contributed by atoms with Gasteiger partial charge >= 0.3 is 0 Å². The van der Waals surface area contributed by atoms with Crippen molar-refractivity contribution in [3.63, 3.8) is 0 Å². The van der Waals surface area contributed by atoms with E-state index in [1.165, 1.54) is 0 Å². The number of likely N-dealkylation sites (tertiary alicyclic amines) is 1. The van der Waals surface area contributed by atoms with Crippen LogP contribution in [0.15, 0.2) is 21.2 Å². The van der Waals surface area contributed by atoms with E-state index < -0.39 is 0 Å². The zero-order chi connectivity index (χ0) is 11.3. The summed E-state index contributed by atoms with van der Waals surface area (Å²) in [5, 5.41) is 0. The molecule has 2 heterocycles. The van der Waals surface area contributed by atoms with Crippen LogP contribution in [0.3, 0.4) is 0 Å². The zero-order valence-electron chi connectivity index (χ0n) is 8.73. The molecular weight excluding hydrogens is 272 g/mol. The van der Waals surface area contributed by atoms with Gasteiger partial charge in [0.1, 0.15) is 11.8 Å². The minimum absolute atomic E-state index is 0.0775. The lowest BCUT2D eigenvalue weighted by Gasteiger charge is -2.24. The average molecular weight is 285 g/mol. The van der Waals surface area contributed by atoms with E-state index in [-0.39, 0.29) is 18.0 Å². The van der Waals surface area contributed by atoms with E-state index in [1.54, 1.807) is 0 Å². The molecule has 3 rings (SSSR count). The van der Waals surface area contributed by atoms with Gasteiger partial charge in [0.15, 0.2) is 4.67 Å². The summed E-state index contributed by atoms with van der Waals surface area (Å²) in [6.45, 7) is 0. The predicted octanol–water partition coefficient (Wildman–Crippen LogP) is 1.81. The van der Waals surface area contributed by atoms with Crippen LogP contribution in [0.1, 0.15) is 31.1 Å². The molecule has 0 radical (unpaired) electrons. The lowest BCUT2D eigenvalue weighted by atomic mass is 10.1. The Morgan fingerprint density at radius 2 is 2.19 bits per heavy atom. The second kappa shape index (κ2) is 3.60. The number of nitrogens with two attached hydrogens (primary N) is 1. The van der Waals surface area contributed by atoms with E-state index in [4.69, 9.17) is 10.2 Å². The van der Waals surface area contributed by atoms with E-state index in [1.807, 2.05) is 17.0 Å². The smallest absolute Gasteiger partial charge is 0.225 e. The summed E-state index contributed by atoms with van der Waals surface area (Å²) in [4.78, 5) is 13.8. The molecule has 1 aliphatic carbocycles. The molecule has 2 aliphatic rings. The maximum Gasteiger partial charge on any atom is 0.225 e. The first-order valence-electron chi connectivity index (χ1n) is 5.49. The van der Waals surface area contributed by atoms with Crippen LogP contribution in [0.5, 0.6) is 0 Å². The highest BCUT2D eigenvalue weighted by Gasteiger charge is 2.47. The molecule has 2 N–H and O–H groups in total. The van der Waals surface area contributed by atoms with Crippen LogP contribution < -0.4 is 5.73 Å². The molecule has 1 aromatic rings. The number of hydrogen-bond acceptors (Lipinski definition) is 3. The van der Waals surface area contributed by atoms with Crippen molar-refractivity contribution >= 4 is 21.8 Å². The Morgan fingerprint density at radius 3 is 2.75 bits per heavy atom. The first-order valence-corrected chi connectivity index (χ1v) is 6.28. The van der Waals surface area contributed by atoms with E-state index in [9.17, 15) is 4.79 Å². The minimum atomic E-state index is -0.147. The normalized spacial score (nSPS) is 30.1. The number of hydrogen-bond donors (Lipinski definition) is 1. The first kappa shape index (κ1) is 10.4. The molecule has 1 aliphatic heterocycles. The van der Waals surface area contributed by atoms with Gasteiger partial charge in [-0.25, -0.2) is 0 Å². The Bertz CT molecular complexity index is 427. The number of nitrogens with zero attached hydrogens (tertiary/aromatic N) is 1. The van der Waals surface area contributed by atoms with Crippen LogP contribution in [-0.2, 0) is 4.79 Å². The number of furan rings is 1. The molecule has 0 bridgehead atoms. The van der Waals surface area contributed by atoms with Gasteiger partial charge in [-0.15, -0.1) is 0 Å². The summed E-state index contributed by atoms with van der Waals surface area (Å²) >= 11 is 3.28. The standard InChI is InChI=1S/C11H13BrN2O2/c12-9-4-3-8(16-9)11-7(13)5-10(15)14(11)6-1-2-6/h3-4,6-7,11H,1-2,5,13H2. The summed E-state index contributed by atoms with van der Waals surface area (Å²) in [5.74, 6) is 0.949. The lowest BCUT2D eigenvalue weighted by molar-refractivity contribution is -0.129. The highest BCUT2D eigenvalue weighted by molar-refractivity contribution is 9.10. The van der Waals surface area contributed by atoms with Crippen molar-refractivity contribution in [3.05, 3.63) is 22.6 Å². The van der Waals surface area contributed by atoms with E-state index in [2.05, 4.69) is 15.9 Å². The molecule has 4 nitrogen and oxygen atoms in total. The lowest BCUT2D eigenvalue weighted by Crippen LogP contribution is -2.34. The summed E-state index contributed by atoms with van der Waals surface area (Å²) in [5.41, 5.74) is 6.03. The maximum absolute atomic E-state index is 11.8. The van der Waals surface area contributed by atoms with E-state index >= 15 is 0 Å². The summed E-state index contributed by atoms with van der Waals surface area (Å²) in [7, 11) is 0. The van der Waals surface area contributed by atoms with Gasteiger partial charge in [-0.2, -0.15) is 0 Å². The molecule has 1 amide bonds. The third-order valence-corrected chi connectivity index (χ3v) is 3.66. The van der Waals surface area contributed by atoms with Crippen LogP contribution in [0.2, 0.25) is 0 Å². The fourth-order valence-corrected chi connectivity index (χ4v) is 2.72. The molecule has 2 fully saturated rings. The Hall–Kier alpha value is -0.810. The molecule has 2 unspecified atom stereocenters. The van der Waals surface area contributed by atoms with Gasteiger partial charge in [-0.05, 0) is 40.9 Å². The highest BCUT2D eigenvalue weighted by atomic mass is 79.9. The van der Waals surface area contributed by atoms with Crippen molar-refractivity contribution < 1.29 is 9.21 Å². The molecule has 1 aromatic heterocycles. The minimum Gasteiger partial charge on any atom is -0.452 e. The van der Waals surface area contributed by atoms with Gasteiger partial charge in [-0.3, -0.25) is 4.79 Å². The number of carbonyl (C=O) groups is 1. The largest absolute Gasteiger partial charge is 0.452 e. The van der Waals surface area contributed by atoms with Crippen molar-refractivity contribution in [2.45, 2.75) is 37.4 Å². The van der Waals surface area contributed by atoms with Gasteiger partial charge in [0, 0.05) is 18.5 Å². The fraction of sp³-hybridized carbons (Fsp3) is 0.545. The Balaban J connectivity index is 1.93. The molecule has 0 aromatic carbocycles. The van der Waals surface area contributed by atoms with Crippen LogP contribution in [-0.4, -0.2) is 22.9 Å². The monoisotopic (exact) mass is 284 g/mol. The summed E-state index contributed by atoms with van der Waals surface area (Å²) in [6, 6.07) is 3.89. The van der Waals surface area contributed by atoms with E-state index in [0.29, 0.717) is 17.1 Å². The molecule has 2 atom stereocenters. The van der Waals surface area contributed by atoms with Crippen LogP contribution in [0.4, 0.5) is 0 Å². The van der Waals surface area contributed by atoms with Gasteiger partial charge in [-0.1, -0.05) is 0 Å². The molecule has 1 saturated carbocycles. The average Bonchev–Trinajstić information content (AvgIpc) is 2.90. The Labute approximate surface area is 102 Å². The molecule has 86 valence electrons. The second-order valence-electron chi connectivity index (χ2n) is 4.49. The third-order valence-electron chi connectivity index (χ3n) is 3.23. The first-order chi connectivity index (χ1) is 7.66. The third kappa shape index (κ3) is 1.58. The molecule has 5 heteroatoms. The predicted molar refractivity (Wildman–Crippen MR) is 61.6 cm³/mol. The van der Waals surface area contributed by atoms with Gasteiger partial charge in [0.25, 0.3) is 0 Å². The van der Waals surface area contributed by atoms with Crippen molar-refractivity contribution in [1.82, 2.24) is 4.90 Å². The number of halogens is 1. The van der Waals surface area contributed by atoms with Gasteiger partial charge in [0.2, 0.25) is 5.91 Å². The van der Waals surface area contributed by atoms with Crippen molar-refractivity contribution in [2.24, 2.45) is 5.73 Å². The van der Waals surface area contributed by atoms with Crippen molar-refractivity contribution in [1.29, 1.82) is 0 Å². The molecule has 0 spiro atoms.